The molecular weight excluding hydrogens is 390 g/mol. The molecule has 1 aromatic rings. The van der Waals surface area contributed by atoms with Crippen molar-refractivity contribution in [3.8, 4) is 0 Å². The summed E-state index contributed by atoms with van der Waals surface area (Å²) in [6.45, 7) is 2.06. The molecule has 162 valence electrons. The Morgan fingerprint density at radius 3 is 2.31 bits per heavy atom. The van der Waals surface area contributed by atoms with Gasteiger partial charge in [-0.25, -0.2) is 9.18 Å². The molecule has 0 aromatic heterocycles. The number of nitrogens with zero attached hydrogens (tertiary/aromatic N) is 1. The monoisotopic (exact) mass is 417 g/mol. The van der Waals surface area contributed by atoms with Crippen molar-refractivity contribution >= 4 is 17.5 Å². The summed E-state index contributed by atoms with van der Waals surface area (Å²) < 4.78 is 58.5. The van der Waals surface area contributed by atoms with Crippen LogP contribution in [0.2, 0.25) is 0 Å². The highest BCUT2D eigenvalue weighted by Crippen LogP contribution is 2.37. The van der Waals surface area contributed by atoms with Crippen LogP contribution in [-0.4, -0.2) is 37.5 Å². The van der Waals surface area contributed by atoms with E-state index in [9.17, 15) is 22.4 Å². The number of ether oxygens (including phenoxy) is 1. The maximum atomic E-state index is 15.0. The van der Waals surface area contributed by atoms with E-state index in [0.717, 1.165) is 12.8 Å². The van der Waals surface area contributed by atoms with Gasteiger partial charge < -0.3 is 20.7 Å². The van der Waals surface area contributed by atoms with Gasteiger partial charge in [0.1, 0.15) is 6.10 Å². The number of alkyl halides is 3. The topological polar surface area (TPSA) is 67.6 Å². The van der Waals surface area contributed by atoms with Crippen molar-refractivity contribution < 1.29 is 27.1 Å². The number of piperidine rings is 1. The van der Waals surface area contributed by atoms with Crippen molar-refractivity contribution in [2.75, 3.05) is 23.3 Å². The summed E-state index contributed by atoms with van der Waals surface area (Å²) in [6.07, 6.45) is -2.24. The predicted molar refractivity (Wildman–Crippen MR) is 102 cm³/mol. The molecule has 1 aliphatic heterocycles. The van der Waals surface area contributed by atoms with Crippen LogP contribution < -0.4 is 16.0 Å². The molecular formula is C20H27F4N3O2. The molecule has 9 heteroatoms. The van der Waals surface area contributed by atoms with Crippen molar-refractivity contribution in [1.29, 1.82) is 0 Å². The third-order valence-corrected chi connectivity index (χ3v) is 5.98. The maximum Gasteiger partial charge on any atom is 0.404 e. The highest BCUT2D eigenvalue weighted by molar-refractivity contribution is 5.65. The van der Waals surface area contributed by atoms with Crippen LogP contribution in [0.5, 0.6) is 0 Å². The van der Waals surface area contributed by atoms with Crippen LogP contribution in [0.15, 0.2) is 12.1 Å². The Kier molecular flexibility index (Phi) is 6.43. The summed E-state index contributed by atoms with van der Waals surface area (Å²) in [5, 5.41) is 3.34. The number of carbonyl (C=O) groups excluding carboxylic acids is 1. The zero-order valence-electron chi connectivity index (χ0n) is 16.4. The first kappa shape index (κ1) is 21.5. The minimum absolute atomic E-state index is 0.0153. The standard InChI is InChI=1S/C20H27F4N3O2/c1-12-16(26-14-2-4-15(5-3-14)29-19(25)28)6-7-17(18(12)21)27-10-8-13(9-11-27)20(22,23)24/h6-7,13-15,26H,2-5,8-11H2,1H3,(H2,25,28). The highest BCUT2D eigenvalue weighted by Gasteiger charge is 2.41. The van der Waals surface area contributed by atoms with Gasteiger partial charge >= 0.3 is 12.3 Å². The van der Waals surface area contributed by atoms with E-state index < -0.39 is 24.0 Å². The fraction of sp³-hybridized carbons (Fsp3) is 0.650. The summed E-state index contributed by atoms with van der Waals surface area (Å²) >= 11 is 0. The summed E-state index contributed by atoms with van der Waals surface area (Å²) in [5.74, 6) is -1.70. The number of amides is 1. The molecule has 0 bridgehead atoms. The molecule has 1 amide bonds. The third kappa shape index (κ3) is 5.25. The van der Waals surface area contributed by atoms with Crippen molar-refractivity contribution in [2.24, 2.45) is 11.7 Å². The van der Waals surface area contributed by atoms with E-state index in [1.54, 1.807) is 24.0 Å². The molecule has 2 aliphatic rings. The molecule has 3 rings (SSSR count). The van der Waals surface area contributed by atoms with E-state index >= 15 is 0 Å². The first-order chi connectivity index (χ1) is 13.6. The molecule has 1 heterocycles. The normalized spacial score (nSPS) is 23.7. The molecule has 1 aliphatic carbocycles. The molecule has 1 saturated heterocycles. The first-order valence-corrected chi connectivity index (χ1v) is 9.98. The van der Waals surface area contributed by atoms with Gasteiger partial charge in [-0.2, -0.15) is 13.2 Å². The second-order valence-corrected chi connectivity index (χ2v) is 7.93. The van der Waals surface area contributed by atoms with Gasteiger partial charge in [0.25, 0.3) is 0 Å². The molecule has 3 N–H and O–H groups in total. The number of primary amides is 1. The van der Waals surface area contributed by atoms with Crippen LogP contribution in [0.25, 0.3) is 0 Å². The summed E-state index contributed by atoms with van der Waals surface area (Å²) in [6, 6.07) is 3.56. The number of benzene rings is 1. The van der Waals surface area contributed by atoms with Crippen LogP contribution in [0.3, 0.4) is 0 Å². The van der Waals surface area contributed by atoms with Crippen molar-refractivity contribution in [3.63, 3.8) is 0 Å². The zero-order chi connectivity index (χ0) is 21.2. The number of carbonyl (C=O) groups is 1. The van der Waals surface area contributed by atoms with Gasteiger partial charge in [0.15, 0.2) is 5.82 Å². The predicted octanol–water partition coefficient (Wildman–Crippen LogP) is 4.73. The van der Waals surface area contributed by atoms with Gasteiger partial charge in [-0.1, -0.05) is 0 Å². The molecule has 0 atom stereocenters. The van der Waals surface area contributed by atoms with Gasteiger partial charge in [-0.05, 0) is 57.6 Å². The van der Waals surface area contributed by atoms with Gasteiger partial charge in [0.2, 0.25) is 0 Å². The second-order valence-electron chi connectivity index (χ2n) is 7.93. The van der Waals surface area contributed by atoms with Crippen molar-refractivity contribution in [3.05, 3.63) is 23.5 Å². The van der Waals surface area contributed by atoms with E-state index in [4.69, 9.17) is 10.5 Å². The van der Waals surface area contributed by atoms with Crippen molar-refractivity contribution in [1.82, 2.24) is 0 Å². The fourth-order valence-corrected chi connectivity index (χ4v) is 4.23. The molecule has 5 nitrogen and oxygen atoms in total. The Labute approximate surface area is 167 Å². The van der Waals surface area contributed by atoms with Gasteiger partial charge in [0, 0.05) is 30.4 Å². The quantitative estimate of drug-likeness (QED) is 0.695. The Morgan fingerprint density at radius 2 is 1.76 bits per heavy atom. The van der Waals surface area contributed by atoms with E-state index in [0.29, 0.717) is 29.8 Å². The lowest BCUT2D eigenvalue weighted by atomic mass is 9.92. The number of hydrogen-bond acceptors (Lipinski definition) is 4. The van der Waals surface area contributed by atoms with E-state index in [2.05, 4.69) is 5.32 Å². The van der Waals surface area contributed by atoms with E-state index in [-0.39, 0.29) is 38.1 Å². The summed E-state index contributed by atoms with van der Waals surface area (Å²) in [5.41, 5.74) is 6.53. The molecule has 2 fully saturated rings. The lowest BCUT2D eigenvalue weighted by Gasteiger charge is -2.35. The minimum atomic E-state index is -4.18. The largest absolute Gasteiger partial charge is 0.446 e. The highest BCUT2D eigenvalue weighted by atomic mass is 19.4. The Hall–Kier alpha value is -2.19. The van der Waals surface area contributed by atoms with Gasteiger partial charge in [-0.15, -0.1) is 0 Å². The molecule has 0 unspecified atom stereocenters. The van der Waals surface area contributed by atoms with E-state index in [1.807, 2.05) is 0 Å². The second kappa shape index (κ2) is 8.67. The van der Waals surface area contributed by atoms with Crippen LogP contribution in [0.1, 0.15) is 44.1 Å². The fourth-order valence-electron chi connectivity index (χ4n) is 4.23. The smallest absolute Gasteiger partial charge is 0.404 e. The molecule has 29 heavy (non-hydrogen) atoms. The van der Waals surface area contributed by atoms with Crippen LogP contribution >= 0.6 is 0 Å². The van der Waals surface area contributed by atoms with Crippen LogP contribution in [0.4, 0.5) is 33.7 Å². The van der Waals surface area contributed by atoms with Gasteiger partial charge in [-0.3, -0.25) is 0 Å². The van der Waals surface area contributed by atoms with E-state index in [1.165, 1.54) is 0 Å². The Balaban J connectivity index is 1.60. The van der Waals surface area contributed by atoms with Crippen LogP contribution in [-0.2, 0) is 4.74 Å². The number of rotatable bonds is 4. The average Bonchev–Trinajstić information content (AvgIpc) is 2.66. The van der Waals surface area contributed by atoms with Crippen molar-refractivity contribution in [2.45, 2.75) is 63.8 Å². The molecule has 1 aromatic carbocycles. The van der Waals surface area contributed by atoms with Gasteiger partial charge in [0.05, 0.1) is 11.6 Å². The third-order valence-electron chi connectivity index (χ3n) is 5.98. The SMILES string of the molecule is Cc1c(NC2CCC(OC(N)=O)CC2)ccc(N2CCC(C(F)(F)F)CC2)c1F. The lowest BCUT2D eigenvalue weighted by molar-refractivity contribution is -0.179. The number of anilines is 2. The molecule has 0 radical (unpaired) electrons. The first-order valence-electron chi connectivity index (χ1n) is 9.98. The maximum absolute atomic E-state index is 15.0. The number of hydrogen-bond donors (Lipinski definition) is 2. The summed E-state index contributed by atoms with van der Waals surface area (Å²) in [7, 11) is 0. The summed E-state index contributed by atoms with van der Waals surface area (Å²) in [4.78, 5) is 12.5. The lowest BCUT2D eigenvalue weighted by Crippen LogP contribution is -2.39. The number of nitrogens with one attached hydrogen (secondary N) is 1. The van der Waals surface area contributed by atoms with Crippen LogP contribution in [0, 0.1) is 18.7 Å². The average molecular weight is 417 g/mol. The number of halogens is 4. The molecule has 0 spiro atoms. The Morgan fingerprint density at radius 1 is 1.14 bits per heavy atom. The Bertz CT molecular complexity index is 725. The zero-order valence-corrected chi connectivity index (χ0v) is 16.4. The minimum Gasteiger partial charge on any atom is -0.446 e. The molecule has 1 saturated carbocycles. The number of nitrogens with two attached hydrogens (primary N) is 1.